The quantitative estimate of drug-likeness (QED) is 0.679. The number of fused-ring (bicyclic) bond motifs is 3. The molecule has 0 bridgehead atoms. The molecule has 0 radical (unpaired) electrons. The van der Waals surface area contributed by atoms with Crippen LogP contribution in [0, 0.1) is 13.8 Å². The first kappa shape index (κ1) is 17.8. The van der Waals surface area contributed by atoms with Gasteiger partial charge in [-0.2, -0.15) is 0 Å². The Morgan fingerprint density at radius 1 is 1.21 bits per heavy atom. The van der Waals surface area contributed by atoms with Crippen molar-refractivity contribution in [3.8, 4) is 0 Å². The number of rotatable bonds is 3. The summed E-state index contributed by atoms with van der Waals surface area (Å²) in [6.07, 6.45) is 5.32. The highest BCUT2D eigenvalue weighted by Gasteiger charge is 2.32. The second-order valence-corrected chi connectivity index (χ2v) is 9.44. The SMILES string of the molecule is Cc1sc2nc(C3CC3)n3c(=O)n(CC(=O)N4CCCCC4C)nc3c2c1C. The molecule has 3 aromatic heterocycles. The van der Waals surface area contributed by atoms with Gasteiger partial charge in [0.25, 0.3) is 0 Å². The number of hydrogen-bond acceptors (Lipinski definition) is 5. The first-order valence-corrected chi connectivity index (χ1v) is 11.0. The highest BCUT2D eigenvalue weighted by Crippen LogP contribution is 2.41. The molecule has 0 aromatic carbocycles. The Morgan fingerprint density at radius 2 is 2.00 bits per heavy atom. The van der Waals surface area contributed by atoms with Gasteiger partial charge in [0.2, 0.25) is 5.91 Å². The summed E-state index contributed by atoms with van der Waals surface area (Å²) in [5.41, 5.74) is 1.53. The van der Waals surface area contributed by atoms with Crippen LogP contribution in [0.1, 0.15) is 61.2 Å². The zero-order valence-corrected chi connectivity index (χ0v) is 17.4. The van der Waals surface area contributed by atoms with E-state index in [0.29, 0.717) is 11.6 Å². The summed E-state index contributed by atoms with van der Waals surface area (Å²) >= 11 is 1.65. The second-order valence-electron chi connectivity index (χ2n) is 8.24. The number of likely N-dealkylation sites (tertiary alicyclic amines) is 1. The van der Waals surface area contributed by atoms with Gasteiger partial charge in [-0.3, -0.25) is 4.79 Å². The molecule has 1 aliphatic heterocycles. The molecule has 1 atom stereocenters. The van der Waals surface area contributed by atoms with Crippen LogP contribution in [0.15, 0.2) is 4.79 Å². The number of aromatic nitrogens is 4. The lowest BCUT2D eigenvalue weighted by Crippen LogP contribution is -2.44. The topological polar surface area (TPSA) is 72.5 Å². The number of thiophene rings is 1. The van der Waals surface area contributed by atoms with E-state index in [2.05, 4.69) is 25.9 Å². The summed E-state index contributed by atoms with van der Waals surface area (Å²) in [6, 6.07) is 0.228. The fourth-order valence-corrected chi connectivity index (χ4v) is 5.32. The van der Waals surface area contributed by atoms with Crippen LogP contribution in [0.25, 0.3) is 15.9 Å². The average Bonchev–Trinajstić information content (AvgIpc) is 3.41. The molecular formula is C20H25N5O2S. The fraction of sp³-hybridized carbons (Fsp3) is 0.600. The van der Waals surface area contributed by atoms with Gasteiger partial charge in [0, 0.05) is 23.4 Å². The van der Waals surface area contributed by atoms with E-state index >= 15 is 0 Å². The molecule has 4 heterocycles. The van der Waals surface area contributed by atoms with E-state index in [0.717, 1.165) is 60.3 Å². The van der Waals surface area contributed by atoms with E-state index in [1.165, 1.54) is 9.56 Å². The number of aryl methyl sites for hydroxylation is 2. The standard InChI is InChI=1S/C20H25N5O2S/c1-11-6-4-5-9-23(11)15(26)10-24-20(27)25-17(14-7-8-14)21-19-16(18(25)22-24)12(2)13(3)28-19/h11,14H,4-10H2,1-3H3. The van der Waals surface area contributed by atoms with Crippen LogP contribution in [0.5, 0.6) is 0 Å². The van der Waals surface area contributed by atoms with Gasteiger partial charge in [0.05, 0.1) is 5.39 Å². The zero-order chi connectivity index (χ0) is 19.6. The molecule has 3 aromatic rings. The number of amides is 1. The molecule has 5 rings (SSSR count). The van der Waals surface area contributed by atoms with Gasteiger partial charge in [-0.1, -0.05) is 0 Å². The molecule has 0 spiro atoms. The number of nitrogens with zero attached hydrogens (tertiary/aromatic N) is 5. The maximum absolute atomic E-state index is 13.2. The molecule has 2 aliphatic rings. The van der Waals surface area contributed by atoms with Crippen molar-refractivity contribution in [3.63, 3.8) is 0 Å². The van der Waals surface area contributed by atoms with Gasteiger partial charge in [-0.15, -0.1) is 16.4 Å². The van der Waals surface area contributed by atoms with E-state index in [-0.39, 0.29) is 24.2 Å². The lowest BCUT2D eigenvalue weighted by Gasteiger charge is -2.33. The van der Waals surface area contributed by atoms with Gasteiger partial charge in [-0.05, 0) is 58.4 Å². The number of piperidine rings is 1. The molecule has 1 amide bonds. The van der Waals surface area contributed by atoms with Crippen molar-refractivity contribution in [2.45, 2.75) is 71.4 Å². The van der Waals surface area contributed by atoms with Crippen LogP contribution < -0.4 is 5.69 Å². The molecule has 7 nitrogen and oxygen atoms in total. The molecule has 148 valence electrons. The minimum Gasteiger partial charge on any atom is -0.338 e. The van der Waals surface area contributed by atoms with Crippen molar-refractivity contribution < 1.29 is 4.79 Å². The summed E-state index contributed by atoms with van der Waals surface area (Å²) < 4.78 is 3.00. The van der Waals surface area contributed by atoms with E-state index in [1.807, 2.05) is 4.90 Å². The second kappa shape index (κ2) is 6.40. The van der Waals surface area contributed by atoms with E-state index in [9.17, 15) is 9.59 Å². The molecule has 1 saturated heterocycles. The van der Waals surface area contributed by atoms with Crippen molar-refractivity contribution in [2.75, 3.05) is 6.54 Å². The Balaban J connectivity index is 1.63. The van der Waals surface area contributed by atoms with Gasteiger partial charge in [0.1, 0.15) is 17.2 Å². The number of hydrogen-bond donors (Lipinski definition) is 0. The Morgan fingerprint density at radius 3 is 2.71 bits per heavy atom. The maximum atomic E-state index is 13.2. The van der Waals surface area contributed by atoms with Gasteiger partial charge < -0.3 is 4.90 Å². The third kappa shape index (κ3) is 2.69. The Labute approximate surface area is 167 Å². The summed E-state index contributed by atoms with van der Waals surface area (Å²) in [6.45, 7) is 6.98. The van der Waals surface area contributed by atoms with Crippen molar-refractivity contribution in [1.29, 1.82) is 0 Å². The smallest absolute Gasteiger partial charge is 0.338 e. The molecule has 28 heavy (non-hydrogen) atoms. The van der Waals surface area contributed by atoms with Crippen LogP contribution in [0.4, 0.5) is 0 Å². The van der Waals surface area contributed by atoms with E-state index in [4.69, 9.17) is 4.98 Å². The molecule has 0 N–H and O–H groups in total. The fourth-order valence-electron chi connectivity index (χ4n) is 4.29. The van der Waals surface area contributed by atoms with Crippen molar-refractivity contribution in [3.05, 3.63) is 26.7 Å². The Bertz CT molecular complexity index is 1150. The monoisotopic (exact) mass is 399 g/mol. The summed E-state index contributed by atoms with van der Waals surface area (Å²) in [5.74, 6) is 1.11. The van der Waals surface area contributed by atoms with E-state index < -0.39 is 0 Å². The minimum atomic E-state index is -0.243. The predicted octanol–water partition coefficient (Wildman–Crippen LogP) is 3.00. The lowest BCUT2D eigenvalue weighted by atomic mass is 10.0. The zero-order valence-electron chi connectivity index (χ0n) is 16.6. The summed E-state index contributed by atoms with van der Waals surface area (Å²) in [4.78, 5) is 34.9. The lowest BCUT2D eigenvalue weighted by molar-refractivity contribution is -0.135. The largest absolute Gasteiger partial charge is 0.352 e. The van der Waals surface area contributed by atoms with E-state index in [1.54, 1.807) is 15.7 Å². The molecule has 8 heteroatoms. The molecular weight excluding hydrogens is 374 g/mol. The van der Waals surface area contributed by atoms with Crippen LogP contribution in [-0.2, 0) is 11.3 Å². The third-order valence-corrected chi connectivity index (χ3v) is 7.33. The summed E-state index contributed by atoms with van der Waals surface area (Å²) in [7, 11) is 0. The Hall–Kier alpha value is -2.22. The normalized spacial score (nSPS) is 20.4. The van der Waals surface area contributed by atoms with Gasteiger partial charge in [-0.25, -0.2) is 18.9 Å². The average molecular weight is 400 g/mol. The third-order valence-electron chi connectivity index (χ3n) is 6.23. The highest BCUT2D eigenvalue weighted by molar-refractivity contribution is 7.18. The first-order valence-electron chi connectivity index (χ1n) is 10.1. The van der Waals surface area contributed by atoms with Gasteiger partial charge in [0.15, 0.2) is 5.65 Å². The van der Waals surface area contributed by atoms with Crippen molar-refractivity contribution in [1.82, 2.24) is 24.1 Å². The minimum absolute atomic E-state index is 0.00137. The molecule has 1 aliphatic carbocycles. The van der Waals surface area contributed by atoms with Crippen LogP contribution in [0.3, 0.4) is 0 Å². The summed E-state index contributed by atoms with van der Waals surface area (Å²) in [5, 5.41) is 5.58. The highest BCUT2D eigenvalue weighted by atomic mass is 32.1. The van der Waals surface area contributed by atoms with Crippen molar-refractivity contribution in [2.24, 2.45) is 0 Å². The number of carbonyl (C=O) groups is 1. The van der Waals surface area contributed by atoms with Gasteiger partial charge >= 0.3 is 5.69 Å². The number of carbonyl (C=O) groups excluding carboxylic acids is 1. The van der Waals surface area contributed by atoms with Crippen LogP contribution in [-0.4, -0.2) is 42.6 Å². The predicted molar refractivity (Wildman–Crippen MR) is 109 cm³/mol. The van der Waals surface area contributed by atoms with Crippen LogP contribution in [0.2, 0.25) is 0 Å². The molecule has 1 saturated carbocycles. The van der Waals surface area contributed by atoms with Crippen molar-refractivity contribution >= 4 is 33.1 Å². The first-order chi connectivity index (χ1) is 13.5. The maximum Gasteiger partial charge on any atom is 0.352 e. The molecule has 2 fully saturated rings. The molecule has 1 unspecified atom stereocenters. The Kier molecular flexibility index (Phi) is 4.08. The van der Waals surface area contributed by atoms with Crippen LogP contribution >= 0.6 is 11.3 Å².